The van der Waals surface area contributed by atoms with Crippen LogP contribution in [-0.4, -0.2) is 44.9 Å². The molecule has 35 heavy (non-hydrogen) atoms. The molecule has 4 atom stereocenters. The summed E-state index contributed by atoms with van der Waals surface area (Å²) >= 11 is 11.6. The molecule has 1 saturated heterocycles. The Kier molecular flexibility index (Phi) is 9.76. The van der Waals surface area contributed by atoms with Gasteiger partial charge in [0.05, 0.1) is 28.9 Å². The molecular formula is C26H32Cl2N2O4S. The third-order valence-corrected chi connectivity index (χ3v) is 7.68. The molecule has 2 aromatic carbocycles. The number of nitrogens with zero attached hydrogens (tertiary/aromatic N) is 1. The maximum atomic E-state index is 13.6. The zero-order chi connectivity index (χ0) is 25.6. The molecule has 1 amide bonds. The van der Waals surface area contributed by atoms with Crippen LogP contribution >= 0.6 is 23.2 Å². The number of piperidine rings is 1. The second-order valence-electron chi connectivity index (χ2n) is 9.45. The van der Waals surface area contributed by atoms with Gasteiger partial charge in [-0.1, -0.05) is 60.5 Å². The molecule has 2 fully saturated rings. The van der Waals surface area contributed by atoms with Crippen LogP contribution in [0.4, 0.5) is 0 Å². The normalized spacial score (nSPS) is 23.7. The molecule has 0 radical (unpaired) electrons. The van der Waals surface area contributed by atoms with E-state index in [-0.39, 0.29) is 24.4 Å². The smallest absolute Gasteiger partial charge is 0.304 e. The van der Waals surface area contributed by atoms with Crippen LogP contribution in [0.2, 0.25) is 10.0 Å². The fourth-order valence-electron chi connectivity index (χ4n) is 4.64. The highest BCUT2D eigenvalue weighted by atomic mass is 35.5. The number of amides is 1. The molecule has 2 unspecified atom stereocenters. The number of hydrogen-bond donors (Lipinski definition) is 2. The molecule has 6 nitrogen and oxygen atoms in total. The number of likely N-dealkylation sites (tertiary alicyclic amines) is 1. The lowest BCUT2D eigenvalue weighted by Gasteiger charge is -2.48. The third kappa shape index (κ3) is 7.78. The molecule has 1 heterocycles. The van der Waals surface area contributed by atoms with Crippen molar-refractivity contribution in [3.63, 3.8) is 0 Å². The van der Waals surface area contributed by atoms with Gasteiger partial charge >= 0.3 is 5.97 Å². The van der Waals surface area contributed by atoms with Crippen molar-refractivity contribution in [1.29, 1.82) is 0 Å². The van der Waals surface area contributed by atoms with Gasteiger partial charge in [-0.15, -0.1) is 0 Å². The summed E-state index contributed by atoms with van der Waals surface area (Å²) < 4.78 is 14.6. The van der Waals surface area contributed by atoms with Crippen molar-refractivity contribution < 1.29 is 18.9 Å². The predicted octanol–water partition coefficient (Wildman–Crippen LogP) is 5.49. The first-order chi connectivity index (χ1) is 16.6. The Balaban J connectivity index is 0.000000420. The molecule has 4 rings (SSSR count). The number of aliphatic carboxylic acids is 1. The molecule has 9 heteroatoms. The number of nitrogens with one attached hydrogen (secondary N) is 1. The number of rotatable bonds is 8. The molecule has 2 aromatic rings. The van der Waals surface area contributed by atoms with Gasteiger partial charge in [-0.3, -0.25) is 9.59 Å². The minimum absolute atomic E-state index is 0.106. The van der Waals surface area contributed by atoms with Crippen LogP contribution in [0, 0.1) is 11.3 Å². The number of halogens is 2. The lowest BCUT2D eigenvalue weighted by atomic mass is 9.74. The number of carbonyl (C=O) groups is 2. The van der Waals surface area contributed by atoms with Crippen molar-refractivity contribution in [1.82, 2.24) is 9.62 Å². The average Bonchev–Trinajstić information content (AvgIpc) is 3.63. The fraction of sp³-hybridized carbons (Fsp3) is 0.462. The first-order valence-corrected chi connectivity index (χ1v) is 14.0. The lowest BCUT2D eigenvalue weighted by Crippen LogP contribution is -2.56. The molecular weight excluding hydrogens is 507 g/mol. The van der Waals surface area contributed by atoms with Gasteiger partial charge in [-0.25, -0.2) is 8.93 Å². The fourth-order valence-corrected chi connectivity index (χ4v) is 5.31. The second kappa shape index (κ2) is 12.3. The number of hydrogen-bond acceptors (Lipinski definition) is 3. The monoisotopic (exact) mass is 538 g/mol. The summed E-state index contributed by atoms with van der Waals surface area (Å²) in [5.41, 5.74) is 0.0752. The van der Waals surface area contributed by atoms with Crippen molar-refractivity contribution in [3.8, 4) is 0 Å². The van der Waals surface area contributed by atoms with E-state index in [0.29, 0.717) is 30.3 Å². The van der Waals surface area contributed by atoms with Crippen LogP contribution in [0.1, 0.15) is 50.6 Å². The summed E-state index contributed by atoms with van der Waals surface area (Å²) in [6.07, 6.45) is 4.65. The van der Waals surface area contributed by atoms with E-state index in [4.69, 9.17) is 23.2 Å². The highest BCUT2D eigenvalue weighted by molar-refractivity contribution is 7.82. The van der Waals surface area contributed by atoms with Gasteiger partial charge in [0.1, 0.15) is 0 Å². The summed E-state index contributed by atoms with van der Waals surface area (Å²) in [5, 5.41) is 10.8. The van der Waals surface area contributed by atoms with Gasteiger partial charge in [-0.05, 0) is 61.4 Å². The van der Waals surface area contributed by atoms with Crippen LogP contribution in [0.3, 0.4) is 0 Å². The Labute approximate surface area is 219 Å². The first-order valence-electron chi connectivity index (χ1n) is 11.7. The van der Waals surface area contributed by atoms with Crippen molar-refractivity contribution >= 4 is 46.1 Å². The maximum absolute atomic E-state index is 13.6. The Morgan fingerprint density at radius 2 is 1.71 bits per heavy atom. The number of carboxylic acid groups (broad SMARTS) is 1. The van der Waals surface area contributed by atoms with Crippen molar-refractivity contribution in [2.24, 2.45) is 11.3 Å². The first kappa shape index (κ1) is 27.7. The Hall–Kier alpha value is -1.93. The maximum Gasteiger partial charge on any atom is 0.304 e. The van der Waals surface area contributed by atoms with Crippen LogP contribution < -0.4 is 4.72 Å². The standard InChI is InChI=1S/C20H27ClN2O4S.C6H5Cl/c1-20(11-18(24)25)10-9-16(13-5-7-15(21)8-6-13)23(19(20)26)17(14-3-4-14)12-22-28(2)27;7-6-4-2-1-3-5-6/h5-8,14,16-17,22H,3-4,9-12H2,1-2H3,(H,24,25);1-5H/t16-,17?,20+,28?;/m0./s1. The van der Waals surface area contributed by atoms with Crippen molar-refractivity contribution in [3.05, 3.63) is 70.2 Å². The van der Waals surface area contributed by atoms with E-state index >= 15 is 0 Å². The molecule has 1 aliphatic heterocycles. The Morgan fingerprint density at radius 1 is 1.11 bits per heavy atom. The van der Waals surface area contributed by atoms with Crippen LogP contribution in [-0.2, 0) is 20.6 Å². The van der Waals surface area contributed by atoms with Gasteiger partial charge in [-0.2, -0.15) is 0 Å². The van der Waals surface area contributed by atoms with Gasteiger partial charge in [0.25, 0.3) is 0 Å². The topological polar surface area (TPSA) is 86.7 Å². The highest BCUT2D eigenvalue weighted by Gasteiger charge is 2.50. The molecule has 1 saturated carbocycles. The quantitative estimate of drug-likeness (QED) is 0.465. The van der Waals surface area contributed by atoms with Crippen LogP contribution in [0.15, 0.2) is 54.6 Å². The summed E-state index contributed by atoms with van der Waals surface area (Å²) in [6.45, 7) is 2.19. The predicted molar refractivity (Wildman–Crippen MR) is 141 cm³/mol. The van der Waals surface area contributed by atoms with Gasteiger partial charge in [0, 0.05) is 28.9 Å². The van der Waals surface area contributed by atoms with E-state index in [1.54, 1.807) is 13.2 Å². The van der Waals surface area contributed by atoms with Crippen LogP contribution in [0.25, 0.3) is 0 Å². The zero-order valence-electron chi connectivity index (χ0n) is 20.0. The molecule has 0 spiro atoms. The molecule has 0 aromatic heterocycles. The van der Waals surface area contributed by atoms with Crippen molar-refractivity contribution in [2.75, 3.05) is 12.8 Å². The van der Waals surface area contributed by atoms with Gasteiger partial charge in [0.15, 0.2) is 0 Å². The minimum Gasteiger partial charge on any atom is -0.481 e. The number of benzene rings is 2. The lowest BCUT2D eigenvalue weighted by molar-refractivity contribution is -0.159. The number of carbonyl (C=O) groups excluding carboxylic acids is 1. The third-order valence-electron chi connectivity index (χ3n) is 6.60. The summed E-state index contributed by atoms with van der Waals surface area (Å²) in [5.74, 6) is -0.736. The summed E-state index contributed by atoms with van der Waals surface area (Å²) in [6, 6.07) is 16.7. The largest absolute Gasteiger partial charge is 0.481 e. The summed E-state index contributed by atoms with van der Waals surface area (Å²) in [7, 11) is -1.18. The molecule has 2 aliphatic rings. The Morgan fingerprint density at radius 3 is 2.20 bits per heavy atom. The van der Waals surface area contributed by atoms with Gasteiger partial charge in [0.2, 0.25) is 5.91 Å². The van der Waals surface area contributed by atoms with E-state index in [9.17, 15) is 18.9 Å². The number of carboxylic acids is 1. The minimum atomic E-state index is -1.18. The highest BCUT2D eigenvalue weighted by Crippen LogP contribution is 2.47. The Bertz CT molecular complexity index is 1030. The molecule has 190 valence electrons. The van der Waals surface area contributed by atoms with Gasteiger partial charge < -0.3 is 10.0 Å². The van der Waals surface area contributed by atoms with Crippen molar-refractivity contribution in [2.45, 2.75) is 51.1 Å². The average molecular weight is 540 g/mol. The molecule has 1 aliphatic carbocycles. The van der Waals surface area contributed by atoms with E-state index in [2.05, 4.69) is 4.72 Å². The van der Waals surface area contributed by atoms with E-state index in [1.807, 2.05) is 59.5 Å². The van der Waals surface area contributed by atoms with E-state index in [1.165, 1.54) is 0 Å². The zero-order valence-corrected chi connectivity index (χ0v) is 22.3. The van der Waals surface area contributed by atoms with E-state index in [0.717, 1.165) is 23.4 Å². The van der Waals surface area contributed by atoms with Crippen LogP contribution in [0.5, 0.6) is 0 Å². The SMILES string of the molecule is CS(=O)NCC(C1CC1)N1C(=O)[C@@](C)(CC(=O)O)CC[C@H]1c1ccc(Cl)cc1.Clc1ccccc1. The molecule has 2 N–H and O–H groups in total. The van der Waals surface area contributed by atoms with E-state index < -0.39 is 22.4 Å². The second-order valence-corrected chi connectivity index (χ2v) is 11.5. The molecule has 0 bridgehead atoms. The summed E-state index contributed by atoms with van der Waals surface area (Å²) in [4.78, 5) is 26.9.